The highest BCUT2D eigenvalue weighted by Crippen LogP contribution is 2.37. The zero-order valence-corrected chi connectivity index (χ0v) is 26.2. The van der Waals surface area contributed by atoms with Crippen LogP contribution in [0.1, 0.15) is 56.2 Å². The number of rotatable bonds is 10. The van der Waals surface area contributed by atoms with Crippen LogP contribution in [0.25, 0.3) is 11.3 Å². The second-order valence-corrected chi connectivity index (χ2v) is 13.3. The number of ether oxygens (including phenoxy) is 1. The van der Waals surface area contributed by atoms with Crippen molar-refractivity contribution in [3.63, 3.8) is 0 Å². The van der Waals surface area contributed by atoms with Crippen LogP contribution in [-0.4, -0.2) is 53.2 Å². The Hall–Kier alpha value is -3.83. The maximum Gasteiger partial charge on any atom is 0.267 e. The number of hydrogen-bond donors (Lipinski definition) is 1. The molecule has 0 aliphatic carbocycles. The Morgan fingerprint density at radius 2 is 1.84 bits per heavy atom. The van der Waals surface area contributed by atoms with Crippen molar-refractivity contribution < 1.29 is 17.5 Å². The molecule has 1 aliphatic heterocycles. The predicted molar refractivity (Wildman–Crippen MR) is 165 cm³/mol. The van der Waals surface area contributed by atoms with Gasteiger partial charge >= 0.3 is 0 Å². The number of aryl methyl sites for hydroxylation is 1. The summed E-state index contributed by atoms with van der Waals surface area (Å²) in [5, 5.41) is 3.99. The van der Waals surface area contributed by atoms with Gasteiger partial charge in [0.05, 0.1) is 11.9 Å². The lowest BCUT2D eigenvalue weighted by Crippen LogP contribution is -2.29. The maximum atomic E-state index is 15.0. The van der Waals surface area contributed by atoms with Crippen LogP contribution in [0, 0.1) is 11.7 Å². The molecule has 3 heterocycles. The SMILES string of the molecule is CCc1c(Oc2ccc(F)c(C3CCN(C)CC3)c2)nc(NS(=O)(=O)c2cnn(C)c2)nc1-c1ccccc1CC(C)C. The number of nitrogens with zero attached hydrogens (tertiary/aromatic N) is 5. The fourth-order valence-electron chi connectivity index (χ4n) is 5.55. The van der Waals surface area contributed by atoms with Crippen molar-refractivity contribution in [1.82, 2.24) is 24.6 Å². The zero-order valence-electron chi connectivity index (χ0n) is 25.3. The molecule has 4 aromatic rings. The van der Waals surface area contributed by atoms with E-state index < -0.39 is 10.0 Å². The molecule has 1 aliphatic rings. The second-order valence-electron chi connectivity index (χ2n) is 11.6. The van der Waals surface area contributed by atoms with E-state index in [1.54, 1.807) is 19.2 Å². The van der Waals surface area contributed by atoms with Gasteiger partial charge in [-0.25, -0.2) is 22.5 Å². The summed E-state index contributed by atoms with van der Waals surface area (Å²) in [6.07, 6.45) is 5.74. The van der Waals surface area contributed by atoms with Gasteiger partial charge in [0.2, 0.25) is 11.8 Å². The van der Waals surface area contributed by atoms with Gasteiger partial charge in [-0.2, -0.15) is 10.1 Å². The number of hydrogen-bond acceptors (Lipinski definition) is 7. The number of benzene rings is 2. The lowest BCUT2D eigenvalue weighted by atomic mass is 9.89. The fourth-order valence-corrected chi connectivity index (χ4v) is 6.48. The van der Waals surface area contributed by atoms with Crippen molar-refractivity contribution in [2.75, 3.05) is 24.9 Å². The molecule has 0 saturated carbocycles. The Kier molecular flexibility index (Phi) is 9.12. The largest absolute Gasteiger partial charge is 0.439 e. The Balaban J connectivity index is 1.60. The summed E-state index contributed by atoms with van der Waals surface area (Å²) in [4.78, 5) is 11.5. The Labute approximate surface area is 253 Å². The Morgan fingerprint density at radius 3 is 2.51 bits per heavy atom. The monoisotopic (exact) mass is 606 g/mol. The van der Waals surface area contributed by atoms with Crippen LogP contribution in [0.3, 0.4) is 0 Å². The predicted octanol–water partition coefficient (Wildman–Crippen LogP) is 6.18. The first-order valence-corrected chi connectivity index (χ1v) is 16.2. The second kappa shape index (κ2) is 12.8. The van der Waals surface area contributed by atoms with Crippen molar-refractivity contribution >= 4 is 16.0 Å². The third-order valence-electron chi connectivity index (χ3n) is 7.78. The van der Waals surface area contributed by atoms with Crippen molar-refractivity contribution in [2.24, 2.45) is 13.0 Å². The first-order chi connectivity index (χ1) is 20.5. The van der Waals surface area contributed by atoms with Gasteiger partial charge in [0.25, 0.3) is 10.0 Å². The molecule has 0 bridgehead atoms. The van der Waals surface area contributed by atoms with E-state index >= 15 is 4.39 Å². The first-order valence-electron chi connectivity index (χ1n) is 14.7. The summed E-state index contributed by atoms with van der Waals surface area (Å²) in [6, 6.07) is 12.7. The number of halogens is 1. The highest BCUT2D eigenvalue weighted by molar-refractivity contribution is 7.92. The fraction of sp³-hybridized carbons (Fsp3) is 0.406. The quantitative estimate of drug-likeness (QED) is 0.230. The number of nitrogens with one attached hydrogen (secondary N) is 1. The van der Waals surface area contributed by atoms with E-state index in [1.807, 2.05) is 25.1 Å². The average Bonchev–Trinajstić information content (AvgIpc) is 3.41. The number of aromatic nitrogens is 4. The first kappa shape index (κ1) is 30.6. The summed E-state index contributed by atoms with van der Waals surface area (Å²) in [5.41, 5.74) is 3.91. The lowest BCUT2D eigenvalue weighted by molar-refractivity contribution is 0.253. The molecule has 1 saturated heterocycles. The van der Waals surface area contributed by atoms with Gasteiger partial charge in [-0.15, -0.1) is 0 Å². The molecule has 0 amide bonds. The van der Waals surface area contributed by atoms with E-state index in [9.17, 15) is 8.42 Å². The van der Waals surface area contributed by atoms with E-state index in [2.05, 4.69) is 46.7 Å². The van der Waals surface area contributed by atoms with E-state index in [0.717, 1.165) is 49.0 Å². The molecule has 0 unspecified atom stereocenters. The van der Waals surface area contributed by atoms with E-state index in [1.165, 1.54) is 23.1 Å². The van der Waals surface area contributed by atoms with Gasteiger partial charge in [0, 0.05) is 24.4 Å². The molecular weight excluding hydrogens is 567 g/mol. The molecular formula is C32H39FN6O3S. The van der Waals surface area contributed by atoms with Crippen LogP contribution in [0.4, 0.5) is 10.3 Å². The van der Waals surface area contributed by atoms with Gasteiger partial charge in [0.1, 0.15) is 16.5 Å². The molecule has 2 aromatic carbocycles. The van der Waals surface area contributed by atoms with Crippen molar-refractivity contribution in [1.29, 1.82) is 0 Å². The van der Waals surface area contributed by atoms with Crippen molar-refractivity contribution in [3.8, 4) is 22.9 Å². The Bertz CT molecular complexity index is 1700. The maximum absolute atomic E-state index is 15.0. The Morgan fingerprint density at radius 1 is 1.09 bits per heavy atom. The van der Waals surface area contributed by atoms with Crippen LogP contribution in [0.15, 0.2) is 59.8 Å². The van der Waals surface area contributed by atoms with Crippen LogP contribution in [0.2, 0.25) is 0 Å². The summed E-state index contributed by atoms with van der Waals surface area (Å²) in [6.45, 7) is 8.08. The molecule has 0 radical (unpaired) electrons. The van der Waals surface area contributed by atoms with Gasteiger partial charge in [0.15, 0.2) is 0 Å². The van der Waals surface area contributed by atoms with Crippen LogP contribution < -0.4 is 9.46 Å². The molecule has 228 valence electrons. The zero-order chi connectivity index (χ0) is 30.7. The van der Waals surface area contributed by atoms with E-state index in [-0.39, 0.29) is 28.5 Å². The summed E-state index contributed by atoms with van der Waals surface area (Å²) >= 11 is 0. The molecule has 5 rings (SSSR count). The summed E-state index contributed by atoms with van der Waals surface area (Å²) in [5.74, 6) is 0.764. The third kappa shape index (κ3) is 7.05. The highest BCUT2D eigenvalue weighted by atomic mass is 32.2. The van der Waals surface area contributed by atoms with Gasteiger partial charge in [-0.05, 0) is 87.0 Å². The lowest BCUT2D eigenvalue weighted by Gasteiger charge is -2.29. The smallest absolute Gasteiger partial charge is 0.267 e. The normalized spacial score (nSPS) is 14.8. The molecule has 0 spiro atoms. The number of anilines is 1. The minimum atomic E-state index is -4.03. The minimum Gasteiger partial charge on any atom is -0.439 e. The van der Waals surface area contributed by atoms with E-state index in [0.29, 0.717) is 29.3 Å². The third-order valence-corrected chi connectivity index (χ3v) is 9.06. The van der Waals surface area contributed by atoms with E-state index in [4.69, 9.17) is 9.72 Å². The van der Waals surface area contributed by atoms with Crippen LogP contribution >= 0.6 is 0 Å². The van der Waals surface area contributed by atoms with Crippen LogP contribution in [-0.2, 0) is 29.9 Å². The average molecular weight is 607 g/mol. The molecule has 9 nitrogen and oxygen atoms in total. The molecule has 1 fully saturated rings. The number of sulfonamides is 1. The van der Waals surface area contributed by atoms with Crippen molar-refractivity contribution in [2.45, 2.75) is 57.3 Å². The summed E-state index contributed by atoms with van der Waals surface area (Å²) in [7, 11) is -0.312. The molecule has 1 N–H and O–H groups in total. The standard InChI is InChI=1S/C32H39FN6O3S/c1-6-26-30(27-10-8-7-9-23(27)17-21(2)3)35-32(37-43(40,41)25-19-34-39(5)20-25)36-31(26)42-24-11-12-29(33)28(18-24)22-13-15-38(4)16-14-22/h7-12,18-22H,6,13-17H2,1-5H3,(H,35,36,37). The number of piperidine rings is 1. The topological polar surface area (TPSA) is 102 Å². The molecule has 43 heavy (non-hydrogen) atoms. The molecule has 0 atom stereocenters. The van der Waals surface area contributed by atoms with Crippen molar-refractivity contribution in [3.05, 3.63) is 77.4 Å². The summed E-state index contributed by atoms with van der Waals surface area (Å²) < 4.78 is 51.8. The number of likely N-dealkylation sites (tertiary alicyclic amines) is 1. The highest BCUT2D eigenvalue weighted by Gasteiger charge is 2.25. The van der Waals surface area contributed by atoms with Gasteiger partial charge in [-0.3, -0.25) is 4.68 Å². The van der Waals surface area contributed by atoms with Gasteiger partial charge < -0.3 is 9.64 Å². The molecule has 11 heteroatoms. The molecule has 2 aromatic heterocycles. The minimum absolute atomic E-state index is 0.0105. The van der Waals surface area contributed by atoms with Crippen LogP contribution in [0.5, 0.6) is 11.6 Å². The van der Waals surface area contributed by atoms with Gasteiger partial charge in [-0.1, -0.05) is 45.0 Å².